The SMILES string of the molecule is CC[C@@H](C)NC(=O)[C@@H](C)N(Cc1cccc(C)c1)C(=O)CN(c1cccc2ccccc12)S(C)(=O)=O. The summed E-state index contributed by atoms with van der Waals surface area (Å²) >= 11 is 0. The number of carbonyl (C=O) groups excluding carboxylic acids is 2. The quantitative estimate of drug-likeness (QED) is 0.443. The smallest absolute Gasteiger partial charge is 0.244 e. The van der Waals surface area contributed by atoms with Crippen LogP contribution < -0.4 is 9.62 Å². The number of anilines is 1. The standard InChI is InChI=1S/C28H35N3O4S/c1-6-21(3)29-28(33)22(4)30(18-23-12-9-11-20(2)17-23)27(32)19-31(36(5,34)35)26-16-10-14-24-13-7-8-15-25(24)26/h7-17,21-22H,6,18-19H2,1-5H3,(H,29,33)/t21-,22-/m1/s1. The van der Waals surface area contributed by atoms with Gasteiger partial charge in [-0.1, -0.05) is 73.2 Å². The van der Waals surface area contributed by atoms with Gasteiger partial charge in [-0.25, -0.2) is 8.42 Å². The fourth-order valence-electron chi connectivity index (χ4n) is 4.08. The van der Waals surface area contributed by atoms with Crippen LogP contribution in [-0.2, 0) is 26.2 Å². The Morgan fingerprint density at radius 3 is 2.31 bits per heavy atom. The molecule has 0 unspecified atom stereocenters. The van der Waals surface area contributed by atoms with E-state index in [4.69, 9.17) is 0 Å². The van der Waals surface area contributed by atoms with Gasteiger partial charge in [-0.3, -0.25) is 13.9 Å². The number of rotatable bonds is 10. The van der Waals surface area contributed by atoms with Crippen LogP contribution in [0.4, 0.5) is 5.69 Å². The molecule has 7 nitrogen and oxygen atoms in total. The van der Waals surface area contributed by atoms with Gasteiger partial charge in [0.1, 0.15) is 12.6 Å². The maximum atomic E-state index is 13.7. The molecule has 0 aliphatic rings. The number of nitrogens with one attached hydrogen (secondary N) is 1. The van der Waals surface area contributed by atoms with E-state index in [1.54, 1.807) is 19.1 Å². The summed E-state index contributed by atoms with van der Waals surface area (Å²) in [7, 11) is -3.80. The Kier molecular flexibility index (Phi) is 8.74. The first-order chi connectivity index (χ1) is 17.0. The molecule has 1 N–H and O–H groups in total. The first-order valence-corrected chi connectivity index (χ1v) is 14.0. The molecule has 0 heterocycles. The maximum absolute atomic E-state index is 13.7. The third-order valence-corrected chi connectivity index (χ3v) is 7.44. The Balaban J connectivity index is 1.99. The number of hydrogen-bond donors (Lipinski definition) is 1. The average Bonchev–Trinajstić information content (AvgIpc) is 2.84. The second-order valence-electron chi connectivity index (χ2n) is 9.27. The second-order valence-corrected chi connectivity index (χ2v) is 11.2. The predicted molar refractivity (Wildman–Crippen MR) is 145 cm³/mol. The van der Waals surface area contributed by atoms with Crippen LogP contribution in [0.1, 0.15) is 38.3 Å². The molecule has 2 atom stereocenters. The summed E-state index contributed by atoms with van der Waals surface area (Å²) in [6, 6.07) is 19.7. The van der Waals surface area contributed by atoms with Crippen molar-refractivity contribution in [1.82, 2.24) is 10.2 Å². The first-order valence-electron chi connectivity index (χ1n) is 12.1. The summed E-state index contributed by atoms with van der Waals surface area (Å²) in [5.74, 6) is -0.733. The molecule has 0 aromatic heterocycles. The van der Waals surface area contributed by atoms with Crippen LogP contribution in [0.25, 0.3) is 10.8 Å². The van der Waals surface area contributed by atoms with Gasteiger partial charge in [0.05, 0.1) is 11.9 Å². The van der Waals surface area contributed by atoms with Crippen molar-refractivity contribution >= 4 is 38.3 Å². The summed E-state index contributed by atoms with van der Waals surface area (Å²) in [5.41, 5.74) is 2.32. The third-order valence-electron chi connectivity index (χ3n) is 6.32. The molecule has 3 aromatic carbocycles. The van der Waals surface area contributed by atoms with Crippen molar-refractivity contribution in [2.45, 2.75) is 52.7 Å². The van der Waals surface area contributed by atoms with Crippen LogP contribution in [0.3, 0.4) is 0 Å². The van der Waals surface area contributed by atoms with Gasteiger partial charge < -0.3 is 10.2 Å². The van der Waals surface area contributed by atoms with E-state index in [1.807, 2.05) is 75.4 Å². The lowest BCUT2D eigenvalue weighted by Crippen LogP contribution is -2.52. The molecular weight excluding hydrogens is 474 g/mol. The van der Waals surface area contributed by atoms with E-state index in [2.05, 4.69) is 5.32 Å². The summed E-state index contributed by atoms with van der Waals surface area (Å²) in [6.45, 7) is 7.28. The minimum Gasteiger partial charge on any atom is -0.352 e. The largest absolute Gasteiger partial charge is 0.352 e. The normalized spacial score (nSPS) is 13.1. The number of amides is 2. The molecule has 0 spiro atoms. The lowest BCUT2D eigenvalue weighted by molar-refractivity contribution is -0.139. The van der Waals surface area contributed by atoms with Gasteiger partial charge in [-0.2, -0.15) is 0 Å². The van der Waals surface area contributed by atoms with Crippen LogP contribution in [-0.4, -0.2) is 50.0 Å². The molecule has 0 aliphatic carbocycles. The lowest BCUT2D eigenvalue weighted by atomic mass is 10.1. The third kappa shape index (κ3) is 6.63. The summed E-state index contributed by atoms with van der Waals surface area (Å²) in [5, 5.41) is 4.53. The number of nitrogens with zero attached hydrogens (tertiary/aromatic N) is 2. The number of benzene rings is 3. The first kappa shape index (κ1) is 27.2. The molecule has 0 aliphatic heterocycles. The molecule has 3 aromatic rings. The fraction of sp³-hybridized carbons (Fsp3) is 0.357. The molecule has 3 rings (SSSR count). The van der Waals surface area contributed by atoms with Crippen molar-refractivity contribution in [3.8, 4) is 0 Å². The molecule has 36 heavy (non-hydrogen) atoms. The highest BCUT2D eigenvalue weighted by molar-refractivity contribution is 7.92. The molecule has 192 valence electrons. The second kappa shape index (κ2) is 11.6. The number of fused-ring (bicyclic) bond motifs is 1. The Hall–Kier alpha value is -3.39. The average molecular weight is 510 g/mol. The number of hydrogen-bond acceptors (Lipinski definition) is 4. The van der Waals surface area contributed by atoms with Crippen LogP contribution in [0.2, 0.25) is 0 Å². The van der Waals surface area contributed by atoms with Crippen molar-refractivity contribution in [3.63, 3.8) is 0 Å². The van der Waals surface area contributed by atoms with E-state index in [9.17, 15) is 18.0 Å². The Bertz CT molecular complexity index is 1330. The molecule has 8 heteroatoms. The summed E-state index contributed by atoms with van der Waals surface area (Å²) in [6.07, 6.45) is 1.85. The van der Waals surface area contributed by atoms with E-state index in [1.165, 1.54) is 4.90 Å². The molecule has 0 saturated heterocycles. The van der Waals surface area contributed by atoms with Crippen molar-refractivity contribution in [2.75, 3.05) is 17.1 Å². The topological polar surface area (TPSA) is 86.8 Å². The Morgan fingerprint density at radius 2 is 1.64 bits per heavy atom. The Morgan fingerprint density at radius 1 is 0.972 bits per heavy atom. The van der Waals surface area contributed by atoms with Gasteiger partial charge in [0, 0.05) is 18.0 Å². The van der Waals surface area contributed by atoms with Crippen LogP contribution in [0, 0.1) is 6.92 Å². The molecule has 0 bridgehead atoms. The van der Waals surface area contributed by atoms with Crippen molar-refractivity contribution in [2.24, 2.45) is 0 Å². The molecule has 0 radical (unpaired) electrons. The van der Waals surface area contributed by atoms with E-state index in [0.29, 0.717) is 5.69 Å². The molecule has 0 saturated carbocycles. The highest BCUT2D eigenvalue weighted by Crippen LogP contribution is 2.28. The summed E-state index contributed by atoms with van der Waals surface area (Å²) < 4.78 is 26.9. The highest BCUT2D eigenvalue weighted by Gasteiger charge is 2.31. The Labute approximate surface area is 214 Å². The van der Waals surface area contributed by atoms with Gasteiger partial charge in [0.25, 0.3) is 0 Å². The predicted octanol–water partition coefficient (Wildman–Crippen LogP) is 4.25. The van der Waals surface area contributed by atoms with E-state index in [0.717, 1.165) is 38.9 Å². The molecular formula is C28H35N3O4S. The zero-order valence-corrected chi connectivity index (χ0v) is 22.4. The summed E-state index contributed by atoms with van der Waals surface area (Å²) in [4.78, 5) is 28.2. The van der Waals surface area contributed by atoms with Gasteiger partial charge in [0.15, 0.2) is 0 Å². The van der Waals surface area contributed by atoms with Crippen LogP contribution in [0.15, 0.2) is 66.7 Å². The monoisotopic (exact) mass is 509 g/mol. The van der Waals surface area contributed by atoms with Crippen LogP contribution >= 0.6 is 0 Å². The van der Waals surface area contributed by atoms with Gasteiger partial charge in [-0.05, 0) is 44.2 Å². The van der Waals surface area contributed by atoms with E-state index < -0.39 is 28.5 Å². The van der Waals surface area contributed by atoms with Crippen molar-refractivity contribution in [3.05, 3.63) is 77.9 Å². The lowest BCUT2D eigenvalue weighted by Gasteiger charge is -2.32. The maximum Gasteiger partial charge on any atom is 0.244 e. The van der Waals surface area contributed by atoms with Gasteiger partial charge in [-0.15, -0.1) is 0 Å². The van der Waals surface area contributed by atoms with E-state index >= 15 is 0 Å². The van der Waals surface area contributed by atoms with Crippen molar-refractivity contribution < 1.29 is 18.0 Å². The van der Waals surface area contributed by atoms with Crippen LogP contribution in [0.5, 0.6) is 0 Å². The zero-order chi connectivity index (χ0) is 26.5. The zero-order valence-electron chi connectivity index (χ0n) is 21.6. The highest BCUT2D eigenvalue weighted by atomic mass is 32.2. The number of aryl methyl sites for hydroxylation is 1. The molecule has 2 amide bonds. The van der Waals surface area contributed by atoms with Crippen molar-refractivity contribution in [1.29, 1.82) is 0 Å². The minimum atomic E-state index is -3.80. The number of sulfonamides is 1. The minimum absolute atomic E-state index is 0.0425. The van der Waals surface area contributed by atoms with Gasteiger partial charge in [0.2, 0.25) is 21.8 Å². The van der Waals surface area contributed by atoms with Gasteiger partial charge >= 0.3 is 0 Å². The number of carbonyl (C=O) groups is 2. The van der Waals surface area contributed by atoms with E-state index in [-0.39, 0.29) is 18.5 Å². The fourth-order valence-corrected chi connectivity index (χ4v) is 4.94. The molecule has 0 fully saturated rings.